The Kier molecular flexibility index (Phi) is 10.1. The number of carbonyl (C=O) groups excluding carboxylic acids is 2. The third-order valence-electron chi connectivity index (χ3n) is 6.59. The van der Waals surface area contributed by atoms with Gasteiger partial charge in [-0.05, 0) is 44.1 Å². The third kappa shape index (κ3) is 7.47. The Bertz CT molecular complexity index is 784. The Morgan fingerprint density at radius 3 is 2.58 bits per heavy atom. The van der Waals surface area contributed by atoms with Crippen LogP contribution in [0.25, 0.3) is 0 Å². The molecule has 1 aromatic carbocycles. The zero-order valence-corrected chi connectivity index (χ0v) is 20.2. The lowest BCUT2D eigenvalue weighted by Crippen LogP contribution is -2.56. The maximum Gasteiger partial charge on any atom is 0.323 e. The first-order valence-corrected chi connectivity index (χ1v) is 13.2. The van der Waals surface area contributed by atoms with Gasteiger partial charge in [-0.3, -0.25) is 19.7 Å². The van der Waals surface area contributed by atoms with E-state index >= 15 is 0 Å². The fraction of sp³-hybridized carbons (Fsp3) is 0.640. The quantitative estimate of drug-likeness (QED) is 0.501. The van der Waals surface area contributed by atoms with Gasteiger partial charge < -0.3 is 14.7 Å². The molecule has 0 radical (unpaired) electrons. The first-order valence-electron chi connectivity index (χ1n) is 12.1. The number of carboxylic acid groups (broad SMARTS) is 1. The fourth-order valence-electron chi connectivity index (χ4n) is 4.91. The van der Waals surface area contributed by atoms with Crippen molar-refractivity contribution in [2.75, 3.05) is 24.7 Å². The van der Waals surface area contributed by atoms with Crippen molar-refractivity contribution < 1.29 is 24.2 Å². The van der Waals surface area contributed by atoms with Gasteiger partial charge in [0.1, 0.15) is 12.6 Å². The van der Waals surface area contributed by atoms with Crippen molar-refractivity contribution in [3.8, 4) is 0 Å². The van der Waals surface area contributed by atoms with Crippen LogP contribution in [0.4, 0.5) is 0 Å². The van der Waals surface area contributed by atoms with Crippen LogP contribution in [0.3, 0.4) is 0 Å². The van der Waals surface area contributed by atoms with Gasteiger partial charge in [0.15, 0.2) is 0 Å². The van der Waals surface area contributed by atoms with Gasteiger partial charge in [0.25, 0.3) is 0 Å². The number of aryl methyl sites for hydroxylation is 1. The number of carbonyl (C=O) groups is 3. The second kappa shape index (κ2) is 13.0. The summed E-state index contributed by atoms with van der Waals surface area (Å²) in [5.74, 6) is -0.000760. The minimum absolute atomic E-state index is 0.0731. The second-order valence-electron chi connectivity index (χ2n) is 8.91. The van der Waals surface area contributed by atoms with Crippen LogP contribution in [-0.4, -0.2) is 70.6 Å². The Hall–Kier alpha value is -2.06. The first-order chi connectivity index (χ1) is 16.0. The molecule has 1 saturated carbocycles. The van der Waals surface area contributed by atoms with Crippen molar-refractivity contribution >= 4 is 29.6 Å². The minimum Gasteiger partial charge on any atom is -0.480 e. The lowest BCUT2D eigenvalue weighted by Gasteiger charge is -2.37. The number of amides is 1. The van der Waals surface area contributed by atoms with Gasteiger partial charge >= 0.3 is 11.9 Å². The molecule has 1 aliphatic heterocycles. The zero-order chi connectivity index (χ0) is 23.6. The number of nitrogens with one attached hydrogen (secondary N) is 1. The number of ether oxygens (including phenoxy) is 1. The van der Waals surface area contributed by atoms with Crippen LogP contribution in [0.5, 0.6) is 0 Å². The predicted octanol–water partition coefficient (Wildman–Crippen LogP) is 3.12. The van der Waals surface area contributed by atoms with Crippen LogP contribution in [0.15, 0.2) is 30.3 Å². The monoisotopic (exact) mass is 476 g/mol. The smallest absolute Gasteiger partial charge is 0.323 e. The molecule has 1 saturated heterocycles. The maximum absolute atomic E-state index is 13.6. The van der Waals surface area contributed by atoms with Gasteiger partial charge in [-0.25, -0.2) is 0 Å². The van der Waals surface area contributed by atoms with Crippen molar-refractivity contribution in [1.82, 2.24) is 10.2 Å². The highest BCUT2D eigenvalue weighted by atomic mass is 32.2. The van der Waals surface area contributed by atoms with Gasteiger partial charge in [-0.1, -0.05) is 49.6 Å². The Morgan fingerprint density at radius 1 is 1.18 bits per heavy atom. The van der Waals surface area contributed by atoms with Crippen molar-refractivity contribution in [3.05, 3.63) is 35.9 Å². The molecule has 1 heterocycles. The van der Waals surface area contributed by atoms with E-state index in [9.17, 15) is 19.5 Å². The van der Waals surface area contributed by atoms with E-state index in [4.69, 9.17) is 4.74 Å². The molecule has 7 nitrogen and oxygen atoms in total. The van der Waals surface area contributed by atoms with Crippen molar-refractivity contribution in [2.45, 2.75) is 70.0 Å². The number of thioether (sulfide) groups is 1. The fourth-order valence-corrected chi connectivity index (χ4v) is 6.22. The summed E-state index contributed by atoms with van der Waals surface area (Å²) < 4.78 is 5.28. The highest BCUT2D eigenvalue weighted by molar-refractivity contribution is 7.99. The van der Waals surface area contributed by atoms with E-state index in [1.54, 1.807) is 23.6 Å². The van der Waals surface area contributed by atoms with E-state index in [0.717, 1.165) is 37.0 Å². The van der Waals surface area contributed by atoms with Crippen LogP contribution in [0.1, 0.15) is 51.0 Å². The average molecular weight is 477 g/mol. The molecule has 0 spiro atoms. The molecular weight excluding hydrogens is 440 g/mol. The molecule has 2 N–H and O–H groups in total. The number of esters is 1. The van der Waals surface area contributed by atoms with Crippen molar-refractivity contribution in [2.24, 2.45) is 5.92 Å². The molecule has 0 bridgehead atoms. The van der Waals surface area contributed by atoms with E-state index in [2.05, 4.69) is 5.32 Å². The van der Waals surface area contributed by atoms with Gasteiger partial charge in [0, 0.05) is 17.5 Å². The Balaban J connectivity index is 1.74. The van der Waals surface area contributed by atoms with Crippen LogP contribution in [0.2, 0.25) is 0 Å². The SMILES string of the molecule is CCOC(=O)C(CCc1ccccc1)NC1CSCC(C2CCCCC2)N(CC(=O)O)C1=O. The molecule has 2 aliphatic rings. The van der Waals surface area contributed by atoms with Gasteiger partial charge in [0.05, 0.1) is 12.6 Å². The van der Waals surface area contributed by atoms with Gasteiger partial charge in [-0.15, -0.1) is 0 Å². The lowest BCUT2D eigenvalue weighted by molar-refractivity contribution is -0.149. The highest BCUT2D eigenvalue weighted by Crippen LogP contribution is 2.33. The molecule has 0 aromatic heterocycles. The Labute approximate surface area is 200 Å². The average Bonchev–Trinajstić information content (AvgIpc) is 2.96. The summed E-state index contributed by atoms with van der Waals surface area (Å²) in [6.45, 7) is 1.74. The number of benzene rings is 1. The summed E-state index contributed by atoms with van der Waals surface area (Å²) in [5, 5.41) is 12.8. The van der Waals surface area contributed by atoms with Crippen LogP contribution < -0.4 is 5.32 Å². The van der Waals surface area contributed by atoms with Crippen LogP contribution in [0, 0.1) is 5.92 Å². The molecule has 3 atom stereocenters. The standard InChI is InChI=1S/C25H36N2O5S/c1-2-32-25(31)20(14-13-18-9-5-3-6-10-18)26-21-16-33-17-22(19-11-7-4-8-12-19)27(24(21)30)15-23(28)29/h3,5-6,9-10,19-22,26H,2,4,7-8,11-17H2,1H3,(H,28,29). The summed E-state index contributed by atoms with van der Waals surface area (Å²) in [7, 11) is 0. The first kappa shape index (κ1) is 25.6. The molecule has 33 heavy (non-hydrogen) atoms. The zero-order valence-electron chi connectivity index (χ0n) is 19.4. The number of rotatable bonds is 10. The highest BCUT2D eigenvalue weighted by Gasteiger charge is 2.39. The Morgan fingerprint density at radius 2 is 1.91 bits per heavy atom. The van der Waals surface area contributed by atoms with E-state index in [-0.39, 0.29) is 31.1 Å². The lowest BCUT2D eigenvalue weighted by atomic mass is 9.83. The number of hydrogen-bond donors (Lipinski definition) is 2. The number of hydrogen-bond acceptors (Lipinski definition) is 6. The molecule has 1 aromatic rings. The van der Waals surface area contributed by atoms with Gasteiger partial charge in [-0.2, -0.15) is 11.8 Å². The van der Waals surface area contributed by atoms with Crippen LogP contribution in [-0.2, 0) is 25.5 Å². The van der Waals surface area contributed by atoms with Crippen molar-refractivity contribution in [1.29, 1.82) is 0 Å². The molecule has 3 unspecified atom stereocenters. The third-order valence-corrected chi connectivity index (χ3v) is 7.74. The van der Waals surface area contributed by atoms with Crippen molar-refractivity contribution in [3.63, 3.8) is 0 Å². The largest absolute Gasteiger partial charge is 0.480 e. The summed E-state index contributed by atoms with van der Waals surface area (Å²) in [6.07, 6.45) is 6.72. The number of nitrogens with zero attached hydrogens (tertiary/aromatic N) is 1. The molecule has 1 aliphatic carbocycles. The summed E-state index contributed by atoms with van der Waals surface area (Å²) in [4.78, 5) is 39.5. The topological polar surface area (TPSA) is 95.9 Å². The molecule has 3 rings (SSSR count). The maximum atomic E-state index is 13.6. The van der Waals surface area contributed by atoms with E-state index in [1.165, 1.54) is 6.42 Å². The molecule has 8 heteroatoms. The number of aliphatic carboxylic acids is 1. The predicted molar refractivity (Wildman–Crippen MR) is 129 cm³/mol. The summed E-state index contributed by atoms with van der Waals surface area (Å²) >= 11 is 1.67. The molecular formula is C25H36N2O5S. The van der Waals surface area contributed by atoms with E-state index < -0.39 is 18.1 Å². The van der Waals surface area contributed by atoms with Gasteiger partial charge in [0.2, 0.25) is 5.91 Å². The normalized spacial score (nSPS) is 23.1. The molecule has 2 fully saturated rings. The number of carboxylic acids is 1. The van der Waals surface area contributed by atoms with E-state index in [1.807, 2.05) is 30.3 Å². The molecule has 182 valence electrons. The summed E-state index contributed by atoms with van der Waals surface area (Å²) in [6, 6.07) is 8.58. The second-order valence-corrected chi connectivity index (χ2v) is 9.99. The van der Waals surface area contributed by atoms with Crippen LogP contribution >= 0.6 is 11.8 Å². The minimum atomic E-state index is -0.999. The summed E-state index contributed by atoms with van der Waals surface area (Å²) in [5.41, 5.74) is 1.11. The van der Waals surface area contributed by atoms with E-state index in [0.29, 0.717) is 24.5 Å². The molecule has 1 amide bonds.